The summed E-state index contributed by atoms with van der Waals surface area (Å²) in [7, 11) is 2.02. The number of hydrogen-bond acceptors (Lipinski definition) is 3. The van der Waals surface area contributed by atoms with Gasteiger partial charge in [-0.05, 0) is 32.9 Å². The van der Waals surface area contributed by atoms with Crippen molar-refractivity contribution in [1.29, 1.82) is 0 Å². The standard InChI is InChI=1S/C9H17NO3/c1-10-4-2-3-7(10)5-8(11)6-9(12)13/h7-8,11H,2-6H2,1H3,(H,12,13)/t7?,8-/m0/s1. The lowest BCUT2D eigenvalue weighted by Crippen LogP contribution is -2.29. The average Bonchev–Trinajstić information content (AvgIpc) is 2.34. The molecule has 13 heavy (non-hydrogen) atoms. The van der Waals surface area contributed by atoms with Crippen molar-refractivity contribution in [2.24, 2.45) is 0 Å². The molecule has 0 bridgehead atoms. The van der Waals surface area contributed by atoms with E-state index in [0.717, 1.165) is 19.4 Å². The number of carboxylic acids is 1. The summed E-state index contributed by atoms with van der Waals surface area (Å²) in [5.74, 6) is -0.923. The van der Waals surface area contributed by atoms with Crippen molar-refractivity contribution in [3.05, 3.63) is 0 Å². The summed E-state index contributed by atoms with van der Waals surface area (Å²) in [4.78, 5) is 12.5. The first kappa shape index (κ1) is 10.5. The summed E-state index contributed by atoms with van der Waals surface area (Å²) < 4.78 is 0. The summed E-state index contributed by atoms with van der Waals surface area (Å²) >= 11 is 0. The van der Waals surface area contributed by atoms with Gasteiger partial charge in [0.25, 0.3) is 0 Å². The zero-order valence-corrected chi connectivity index (χ0v) is 7.94. The van der Waals surface area contributed by atoms with E-state index in [4.69, 9.17) is 5.11 Å². The van der Waals surface area contributed by atoms with Crippen molar-refractivity contribution in [1.82, 2.24) is 4.90 Å². The van der Waals surface area contributed by atoms with Crippen LogP contribution >= 0.6 is 0 Å². The molecule has 0 radical (unpaired) electrons. The lowest BCUT2D eigenvalue weighted by molar-refractivity contribution is -0.139. The molecule has 1 unspecified atom stereocenters. The molecule has 1 aliphatic heterocycles. The number of nitrogens with zero attached hydrogens (tertiary/aromatic N) is 1. The second-order valence-corrected chi connectivity index (χ2v) is 3.76. The Labute approximate surface area is 78.2 Å². The van der Waals surface area contributed by atoms with Crippen LogP contribution in [0.5, 0.6) is 0 Å². The maximum atomic E-state index is 10.3. The highest BCUT2D eigenvalue weighted by Crippen LogP contribution is 2.19. The molecule has 0 aromatic heterocycles. The predicted molar refractivity (Wildman–Crippen MR) is 48.5 cm³/mol. The molecule has 0 aromatic carbocycles. The van der Waals surface area contributed by atoms with Gasteiger partial charge in [0.2, 0.25) is 0 Å². The van der Waals surface area contributed by atoms with Crippen LogP contribution in [0.4, 0.5) is 0 Å². The molecule has 0 amide bonds. The SMILES string of the molecule is CN1CCCC1C[C@H](O)CC(=O)O. The molecule has 0 spiro atoms. The number of hydrogen-bond donors (Lipinski definition) is 2. The van der Waals surface area contributed by atoms with E-state index in [1.54, 1.807) is 0 Å². The van der Waals surface area contributed by atoms with Gasteiger partial charge in [-0.15, -0.1) is 0 Å². The quantitative estimate of drug-likeness (QED) is 0.665. The smallest absolute Gasteiger partial charge is 0.305 e. The van der Waals surface area contributed by atoms with Gasteiger partial charge in [-0.1, -0.05) is 0 Å². The van der Waals surface area contributed by atoms with Crippen LogP contribution in [0, 0.1) is 0 Å². The zero-order chi connectivity index (χ0) is 9.84. The second-order valence-electron chi connectivity index (χ2n) is 3.76. The molecule has 1 fully saturated rings. The van der Waals surface area contributed by atoms with Crippen molar-refractivity contribution in [3.63, 3.8) is 0 Å². The second kappa shape index (κ2) is 4.58. The molecule has 1 heterocycles. The fraction of sp³-hybridized carbons (Fsp3) is 0.889. The summed E-state index contributed by atoms with van der Waals surface area (Å²) in [6.07, 6.45) is 1.99. The lowest BCUT2D eigenvalue weighted by Gasteiger charge is -2.21. The molecule has 0 aromatic rings. The topological polar surface area (TPSA) is 60.8 Å². The Hall–Kier alpha value is -0.610. The van der Waals surface area contributed by atoms with E-state index >= 15 is 0 Å². The van der Waals surface area contributed by atoms with Crippen LogP contribution in [0.15, 0.2) is 0 Å². The van der Waals surface area contributed by atoms with E-state index in [-0.39, 0.29) is 6.42 Å². The molecule has 1 rings (SSSR count). The molecule has 2 N–H and O–H groups in total. The normalized spacial score (nSPS) is 26.2. The van der Waals surface area contributed by atoms with E-state index in [0.29, 0.717) is 12.5 Å². The highest BCUT2D eigenvalue weighted by Gasteiger charge is 2.24. The summed E-state index contributed by atoms with van der Waals surface area (Å²) in [6.45, 7) is 1.06. The van der Waals surface area contributed by atoms with Gasteiger partial charge in [0, 0.05) is 6.04 Å². The molecule has 76 valence electrons. The van der Waals surface area contributed by atoms with E-state index in [9.17, 15) is 9.90 Å². The maximum Gasteiger partial charge on any atom is 0.305 e. The van der Waals surface area contributed by atoms with E-state index < -0.39 is 12.1 Å². The number of carboxylic acid groups (broad SMARTS) is 1. The Morgan fingerprint density at radius 3 is 2.85 bits per heavy atom. The van der Waals surface area contributed by atoms with Crippen LogP contribution < -0.4 is 0 Å². The van der Waals surface area contributed by atoms with Gasteiger partial charge in [0.15, 0.2) is 0 Å². The van der Waals surface area contributed by atoms with Gasteiger partial charge in [-0.25, -0.2) is 0 Å². The van der Waals surface area contributed by atoms with Gasteiger partial charge in [-0.2, -0.15) is 0 Å². The molecular weight excluding hydrogens is 170 g/mol. The lowest BCUT2D eigenvalue weighted by atomic mass is 10.1. The Bertz CT molecular complexity index is 184. The van der Waals surface area contributed by atoms with Gasteiger partial charge in [0.05, 0.1) is 12.5 Å². The fourth-order valence-electron chi connectivity index (χ4n) is 1.88. The first-order valence-electron chi connectivity index (χ1n) is 4.69. The van der Waals surface area contributed by atoms with Crippen molar-refractivity contribution < 1.29 is 15.0 Å². The summed E-state index contributed by atoms with van der Waals surface area (Å²) in [5, 5.41) is 17.8. The molecule has 0 saturated carbocycles. The number of aliphatic hydroxyl groups is 1. The monoisotopic (exact) mass is 187 g/mol. The third-order valence-electron chi connectivity index (χ3n) is 2.63. The van der Waals surface area contributed by atoms with Crippen LogP contribution in [-0.4, -0.2) is 46.8 Å². The number of aliphatic hydroxyl groups excluding tert-OH is 1. The summed E-state index contributed by atoms with van der Waals surface area (Å²) in [6, 6.07) is 0.370. The third kappa shape index (κ3) is 3.32. The highest BCUT2D eigenvalue weighted by atomic mass is 16.4. The third-order valence-corrected chi connectivity index (χ3v) is 2.63. The van der Waals surface area contributed by atoms with Crippen molar-refractivity contribution >= 4 is 5.97 Å². The molecule has 2 atom stereocenters. The maximum absolute atomic E-state index is 10.3. The van der Waals surface area contributed by atoms with Crippen LogP contribution in [0.25, 0.3) is 0 Å². The van der Waals surface area contributed by atoms with Crippen molar-refractivity contribution in [2.45, 2.75) is 37.8 Å². The van der Waals surface area contributed by atoms with Gasteiger partial charge < -0.3 is 15.1 Å². The molecule has 4 nitrogen and oxygen atoms in total. The van der Waals surface area contributed by atoms with E-state index in [2.05, 4.69) is 4.90 Å². The molecule has 0 aliphatic carbocycles. The largest absolute Gasteiger partial charge is 0.481 e. The van der Waals surface area contributed by atoms with Crippen LogP contribution in [0.2, 0.25) is 0 Å². The highest BCUT2D eigenvalue weighted by molar-refractivity contribution is 5.67. The minimum atomic E-state index is -0.923. The minimum Gasteiger partial charge on any atom is -0.481 e. The number of rotatable bonds is 4. The Balaban J connectivity index is 2.26. The number of carbonyl (C=O) groups is 1. The fourth-order valence-corrected chi connectivity index (χ4v) is 1.88. The molecule has 4 heteroatoms. The van der Waals surface area contributed by atoms with E-state index in [1.165, 1.54) is 0 Å². The summed E-state index contributed by atoms with van der Waals surface area (Å²) in [5.41, 5.74) is 0. The Morgan fingerprint density at radius 2 is 2.38 bits per heavy atom. The van der Waals surface area contributed by atoms with Crippen LogP contribution in [0.1, 0.15) is 25.7 Å². The van der Waals surface area contributed by atoms with Crippen molar-refractivity contribution in [2.75, 3.05) is 13.6 Å². The molecule has 1 aliphatic rings. The molecular formula is C9H17NO3. The van der Waals surface area contributed by atoms with Gasteiger partial charge >= 0.3 is 5.97 Å². The van der Waals surface area contributed by atoms with Crippen LogP contribution in [-0.2, 0) is 4.79 Å². The number of likely N-dealkylation sites (tertiary alicyclic amines) is 1. The van der Waals surface area contributed by atoms with Gasteiger partial charge in [-0.3, -0.25) is 4.79 Å². The van der Waals surface area contributed by atoms with E-state index in [1.807, 2.05) is 7.05 Å². The van der Waals surface area contributed by atoms with Crippen molar-refractivity contribution in [3.8, 4) is 0 Å². The predicted octanol–water partition coefficient (Wildman–Crippen LogP) is 0.306. The Morgan fingerprint density at radius 1 is 1.69 bits per heavy atom. The first-order chi connectivity index (χ1) is 6.09. The average molecular weight is 187 g/mol. The minimum absolute atomic E-state index is 0.135. The first-order valence-corrected chi connectivity index (χ1v) is 4.69. The number of aliphatic carboxylic acids is 1. The van der Waals surface area contributed by atoms with Gasteiger partial charge in [0.1, 0.15) is 0 Å². The Kier molecular flexibility index (Phi) is 3.69. The van der Waals surface area contributed by atoms with Crippen LogP contribution in [0.3, 0.4) is 0 Å². The molecule has 1 saturated heterocycles. The zero-order valence-electron chi connectivity index (χ0n) is 7.94.